The standard InChI is InChI=1S/C14H18N2OS/c1-9-4-7-14(18-9)10(2)16-11-5-6-12(15)13(8-11)17-3/h4-8,10,16H,15H2,1-3H3. The molecule has 1 unspecified atom stereocenters. The van der Waals surface area contributed by atoms with Gasteiger partial charge >= 0.3 is 0 Å². The molecule has 4 heteroatoms. The Balaban J connectivity index is 2.14. The van der Waals surface area contributed by atoms with Gasteiger partial charge in [0.2, 0.25) is 0 Å². The lowest BCUT2D eigenvalue weighted by Gasteiger charge is -2.15. The lowest BCUT2D eigenvalue weighted by molar-refractivity contribution is 0.417. The minimum Gasteiger partial charge on any atom is -0.495 e. The molecule has 0 spiro atoms. The highest BCUT2D eigenvalue weighted by molar-refractivity contribution is 7.12. The summed E-state index contributed by atoms with van der Waals surface area (Å²) in [7, 11) is 1.63. The quantitative estimate of drug-likeness (QED) is 0.823. The van der Waals surface area contributed by atoms with E-state index in [4.69, 9.17) is 10.5 Å². The van der Waals surface area contributed by atoms with Crippen LogP contribution >= 0.6 is 11.3 Å². The smallest absolute Gasteiger partial charge is 0.143 e. The van der Waals surface area contributed by atoms with Crippen LogP contribution in [0.4, 0.5) is 11.4 Å². The van der Waals surface area contributed by atoms with Crippen molar-refractivity contribution in [3.63, 3.8) is 0 Å². The molecule has 2 aromatic rings. The summed E-state index contributed by atoms with van der Waals surface area (Å²) < 4.78 is 5.21. The Bertz CT molecular complexity index is 536. The van der Waals surface area contributed by atoms with Crippen LogP contribution < -0.4 is 15.8 Å². The van der Waals surface area contributed by atoms with Gasteiger partial charge in [0.05, 0.1) is 18.8 Å². The largest absolute Gasteiger partial charge is 0.495 e. The summed E-state index contributed by atoms with van der Waals surface area (Å²) >= 11 is 1.81. The number of benzene rings is 1. The Kier molecular flexibility index (Phi) is 3.77. The van der Waals surface area contributed by atoms with Gasteiger partial charge in [-0.05, 0) is 38.1 Å². The maximum atomic E-state index is 5.79. The zero-order valence-electron chi connectivity index (χ0n) is 10.9. The summed E-state index contributed by atoms with van der Waals surface area (Å²) in [5.74, 6) is 0.703. The summed E-state index contributed by atoms with van der Waals surface area (Å²) in [6.45, 7) is 4.27. The Morgan fingerprint density at radius 2 is 2.06 bits per heavy atom. The van der Waals surface area contributed by atoms with Gasteiger partial charge in [-0.3, -0.25) is 0 Å². The minimum atomic E-state index is 0.275. The summed E-state index contributed by atoms with van der Waals surface area (Å²) in [4.78, 5) is 2.65. The van der Waals surface area contributed by atoms with Crippen molar-refractivity contribution in [2.75, 3.05) is 18.2 Å². The third-order valence-corrected chi connectivity index (χ3v) is 3.99. The lowest BCUT2D eigenvalue weighted by Crippen LogP contribution is -2.05. The van der Waals surface area contributed by atoms with E-state index in [-0.39, 0.29) is 6.04 Å². The van der Waals surface area contributed by atoms with Crippen LogP contribution in [0.25, 0.3) is 0 Å². The van der Waals surface area contributed by atoms with Crippen molar-refractivity contribution >= 4 is 22.7 Å². The molecular formula is C14H18N2OS. The van der Waals surface area contributed by atoms with Gasteiger partial charge < -0.3 is 15.8 Å². The van der Waals surface area contributed by atoms with Gasteiger partial charge in [0.25, 0.3) is 0 Å². The molecule has 96 valence electrons. The fraction of sp³-hybridized carbons (Fsp3) is 0.286. The van der Waals surface area contributed by atoms with Gasteiger partial charge in [-0.2, -0.15) is 0 Å². The molecule has 0 aliphatic heterocycles. The Labute approximate surface area is 112 Å². The highest BCUT2D eigenvalue weighted by atomic mass is 32.1. The molecule has 0 radical (unpaired) electrons. The molecule has 0 bridgehead atoms. The monoisotopic (exact) mass is 262 g/mol. The number of nitrogens with one attached hydrogen (secondary N) is 1. The minimum absolute atomic E-state index is 0.275. The second-order valence-electron chi connectivity index (χ2n) is 4.27. The zero-order valence-corrected chi connectivity index (χ0v) is 11.7. The molecule has 3 N–H and O–H groups in total. The van der Waals surface area contributed by atoms with Crippen LogP contribution in [0.5, 0.6) is 5.75 Å². The number of methoxy groups -OCH3 is 1. The third-order valence-electron chi connectivity index (χ3n) is 2.80. The molecule has 0 aliphatic carbocycles. The van der Waals surface area contributed by atoms with Gasteiger partial charge in [0, 0.05) is 21.5 Å². The number of thiophene rings is 1. The average molecular weight is 262 g/mol. The number of hydrogen-bond donors (Lipinski definition) is 2. The van der Waals surface area contributed by atoms with Crippen LogP contribution in [-0.4, -0.2) is 7.11 Å². The molecule has 18 heavy (non-hydrogen) atoms. The van der Waals surface area contributed by atoms with Crippen LogP contribution in [0, 0.1) is 6.92 Å². The predicted octanol–water partition coefficient (Wildman–Crippen LogP) is 3.82. The SMILES string of the molecule is COc1cc(NC(C)c2ccc(C)s2)ccc1N. The summed E-state index contributed by atoms with van der Waals surface area (Å²) in [6.07, 6.45) is 0. The number of nitrogen functional groups attached to an aromatic ring is 1. The number of anilines is 2. The number of rotatable bonds is 4. The molecule has 2 rings (SSSR count). The van der Waals surface area contributed by atoms with E-state index in [9.17, 15) is 0 Å². The summed E-state index contributed by atoms with van der Waals surface area (Å²) in [5, 5.41) is 3.45. The first kappa shape index (κ1) is 12.8. The Hall–Kier alpha value is -1.68. The van der Waals surface area contributed by atoms with E-state index in [0.717, 1.165) is 5.69 Å². The fourth-order valence-corrected chi connectivity index (χ4v) is 2.69. The molecule has 0 saturated heterocycles. The molecule has 0 fully saturated rings. The molecular weight excluding hydrogens is 244 g/mol. The van der Waals surface area contributed by atoms with Gasteiger partial charge in [0.15, 0.2) is 0 Å². The molecule has 3 nitrogen and oxygen atoms in total. The summed E-state index contributed by atoms with van der Waals surface area (Å²) in [6, 6.07) is 10.3. The van der Waals surface area contributed by atoms with E-state index in [2.05, 4.69) is 31.3 Å². The summed E-state index contributed by atoms with van der Waals surface area (Å²) in [5.41, 5.74) is 7.46. The molecule has 0 saturated carbocycles. The van der Waals surface area contributed by atoms with Gasteiger partial charge in [-0.1, -0.05) is 0 Å². The van der Waals surface area contributed by atoms with Gasteiger partial charge in [0.1, 0.15) is 5.75 Å². The third kappa shape index (κ3) is 2.76. The van der Waals surface area contributed by atoms with E-state index >= 15 is 0 Å². The zero-order chi connectivity index (χ0) is 13.1. The maximum absolute atomic E-state index is 5.79. The molecule has 1 aromatic carbocycles. The topological polar surface area (TPSA) is 47.3 Å². The first-order chi connectivity index (χ1) is 8.60. The molecule has 1 heterocycles. The predicted molar refractivity (Wildman–Crippen MR) is 78.5 cm³/mol. The first-order valence-corrected chi connectivity index (χ1v) is 6.68. The number of nitrogens with two attached hydrogens (primary N) is 1. The number of aryl methyl sites for hydroxylation is 1. The van der Waals surface area contributed by atoms with Crippen molar-refractivity contribution in [2.24, 2.45) is 0 Å². The van der Waals surface area contributed by atoms with Crippen LogP contribution in [0.15, 0.2) is 30.3 Å². The van der Waals surface area contributed by atoms with Gasteiger partial charge in [-0.15, -0.1) is 11.3 Å². The van der Waals surface area contributed by atoms with Crippen molar-refractivity contribution in [3.8, 4) is 5.75 Å². The molecule has 0 amide bonds. The van der Waals surface area contributed by atoms with E-state index in [0.29, 0.717) is 11.4 Å². The first-order valence-electron chi connectivity index (χ1n) is 5.86. The van der Waals surface area contributed by atoms with E-state index in [1.165, 1.54) is 9.75 Å². The van der Waals surface area contributed by atoms with Gasteiger partial charge in [-0.25, -0.2) is 0 Å². The second kappa shape index (κ2) is 5.31. The van der Waals surface area contributed by atoms with Crippen molar-refractivity contribution in [3.05, 3.63) is 40.1 Å². The highest BCUT2D eigenvalue weighted by Gasteiger charge is 2.08. The Morgan fingerprint density at radius 1 is 1.28 bits per heavy atom. The van der Waals surface area contributed by atoms with Crippen LogP contribution in [0.2, 0.25) is 0 Å². The van der Waals surface area contributed by atoms with E-state index < -0.39 is 0 Å². The van der Waals surface area contributed by atoms with E-state index in [1.54, 1.807) is 7.11 Å². The van der Waals surface area contributed by atoms with Crippen molar-refractivity contribution in [2.45, 2.75) is 19.9 Å². The molecule has 1 aromatic heterocycles. The Morgan fingerprint density at radius 3 is 2.67 bits per heavy atom. The van der Waals surface area contributed by atoms with Crippen molar-refractivity contribution in [1.82, 2.24) is 0 Å². The average Bonchev–Trinajstić information content (AvgIpc) is 2.78. The highest BCUT2D eigenvalue weighted by Crippen LogP contribution is 2.29. The van der Waals surface area contributed by atoms with Crippen LogP contribution in [0.3, 0.4) is 0 Å². The fourth-order valence-electron chi connectivity index (χ4n) is 1.81. The number of hydrogen-bond acceptors (Lipinski definition) is 4. The van der Waals surface area contributed by atoms with Crippen LogP contribution in [0.1, 0.15) is 22.7 Å². The van der Waals surface area contributed by atoms with Crippen molar-refractivity contribution < 1.29 is 4.74 Å². The molecule has 0 aliphatic rings. The van der Waals surface area contributed by atoms with E-state index in [1.807, 2.05) is 29.5 Å². The van der Waals surface area contributed by atoms with Crippen molar-refractivity contribution in [1.29, 1.82) is 0 Å². The lowest BCUT2D eigenvalue weighted by atomic mass is 10.2. The normalized spacial score (nSPS) is 12.2. The second-order valence-corrected chi connectivity index (χ2v) is 5.59. The molecule has 1 atom stereocenters. The van der Waals surface area contributed by atoms with Crippen LogP contribution in [-0.2, 0) is 0 Å². The maximum Gasteiger partial charge on any atom is 0.143 e. The number of ether oxygens (including phenoxy) is 1.